The first-order valence-electron chi connectivity index (χ1n) is 18.3. The number of fused-ring (bicyclic) bond motifs is 5. The van der Waals surface area contributed by atoms with Crippen LogP contribution in [0.25, 0.3) is 0 Å². The summed E-state index contributed by atoms with van der Waals surface area (Å²) in [6.45, 7) is 11.7. The SMILES string of the molecule is CC(C)CCC[C@@H](C)[C@H]1CC[C@H]2[C@@H]3CC=C4C[C@@H](OC(=O)CCC(=O)NC5C(O)O[C@H](CO)[C@@H](O)[C@@H]5O)CC[C@]4(C)[C@H]3CC[C@]12C. The van der Waals surface area contributed by atoms with Gasteiger partial charge in [0.15, 0.2) is 6.29 Å². The predicted octanol–water partition coefficient (Wildman–Crippen LogP) is 4.64. The van der Waals surface area contributed by atoms with Gasteiger partial charge in [-0.15, -0.1) is 0 Å². The second-order valence-corrected chi connectivity index (χ2v) is 16.5. The predicted molar refractivity (Wildman–Crippen MR) is 174 cm³/mol. The lowest BCUT2D eigenvalue weighted by molar-refractivity contribution is -0.253. The van der Waals surface area contributed by atoms with Crippen LogP contribution in [0.3, 0.4) is 0 Å². The molecule has 0 aromatic heterocycles. The van der Waals surface area contributed by atoms with Crippen LogP contribution in [0.5, 0.6) is 0 Å². The summed E-state index contributed by atoms with van der Waals surface area (Å²) in [4.78, 5) is 25.3. The molecule has 0 aromatic carbocycles. The highest BCUT2D eigenvalue weighted by atomic mass is 16.6. The van der Waals surface area contributed by atoms with Gasteiger partial charge in [-0.25, -0.2) is 0 Å². The van der Waals surface area contributed by atoms with Crippen molar-refractivity contribution in [3.63, 3.8) is 0 Å². The van der Waals surface area contributed by atoms with Gasteiger partial charge in [-0.2, -0.15) is 0 Å². The summed E-state index contributed by atoms with van der Waals surface area (Å²) in [5, 5.41) is 42.1. The molecule has 262 valence electrons. The summed E-state index contributed by atoms with van der Waals surface area (Å²) in [6.07, 6.45) is 9.48. The molecular weight excluding hydrogens is 586 g/mol. The molecule has 9 heteroatoms. The van der Waals surface area contributed by atoms with Crippen molar-refractivity contribution in [3.05, 3.63) is 11.6 Å². The van der Waals surface area contributed by atoms with E-state index in [2.05, 4.69) is 46.0 Å². The Bertz CT molecular complexity index is 1110. The molecule has 0 bridgehead atoms. The van der Waals surface area contributed by atoms with Gasteiger partial charge in [-0.05, 0) is 91.3 Å². The fraction of sp³-hybridized carbons (Fsp3) is 0.892. The lowest BCUT2D eigenvalue weighted by Crippen LogP contribution is -2.64. The van der Waals surface area contributed by atoms with Gasteiger partial charge in [-0.3, -0.25) is 9.59 Å². The summed E-state index contributed by atoms with van der Waals surface area (Å²) >= 11 is 0. The molecule has 0 aromatic rings. The van der Waals surface area contributed by atoms with Crippen LogP contribution in [0.15, 0.2) is 11.6 Å². The highest BCUT2D eigenvalue weighted by molar-refractivity contribution is 5.81. The van der Waals surface area contributed by atoms with E-state index in [1.807, 2.05) is 0 Å². The molecule has 9 nitrogen and oxygen atoms in total. The number of rotatable bonds is 11. The van der Waals surface area contributed by atoms with E-state index in [4.69, 9.17) is 9.47 Å². The average Bonchev–Trinajstić information content (AvgIpc) is 3.37. The maximum atomic E-state index is 12.8. The molecule has 5 aliphatic rings. The van der Waals surface area contributed by atoms with E-state index in [0.29, 0.717) is 11.3 Å². The van der Waals surface area contributed by atoms with Crippen LogP contribution >= 0.6 is 0 Å². The number of carbonyl (C=O) groups is 2. The number of carbonyl (C=O) groups excluding carboxylic acids is 2. The maximum absolute atomic E-state index is 12.8. The van der Waals surface area contributed by atoms with Gasteiger partial charge in [0.25, 0.3) is 0 Å². The first-order chi connectivity index (χ1) is 21.8. The molecule has 5 rings (SSSR count). The Morgan fingerprint density at radius 3 is 2.48 bits per heavy atom. The number of hydrogen-bond donors (Lipinski definition) is 5. The molecule has 4 fully saturated rings. The van der Waals surface area contributed by atoms with Crippen LogP contribution in [-0.2, 0) is 19.1 Å². The van der Waals surface area contributed by atoms with Gasteiger partial charge in [-0.1, -0.05) is 65.5 Å². The molecule has 1 saturated heterocycles. The largest absolute Gasteiger partial charge is 0.462 e. The van der Waals surface area contributed by atoms with Crippen molar-refractivity contribution in [2.24, 2.45) is 46.3 Å². The van der Waals surface area contributed by atoms with E-state index in [9.17, 15) is 30.0 Å². The molecule has 1 amide bonds. The maximum Gasteiger partial charge on any atom is 0.306 e. The topological polar surface area (TPSA) is 146 Å². The summed E-state index contributed by atoms with van der Waals surface area (Å²) in [5.74, 6) is 3.68. The van der Waals surface area contributed by atoms with Crippen molar-refractivity contribution in [2.75, 3.05) is 6.61 Å². The standard InChI is InChI=1S/C37H61NO8/c1-21(2)7-6-8-22(3)26-11-12-27-25-10-9-23-19-24(15-17-36(23,4)28(25)16-18-37(26,27)5)45-31(41)14-13-30(40)38-32-34(43)33(42)29(20-39)46-35(32)44/h9,21-22,24-29,32-35,39,42-44H,6-8,10-20H2,1-5H3,(H,38,40)/t22-,24+,25+,26-,27+,28+,29-,32?,33-,34-,35?,36+,37-/m1/s1. The molecule has 0 spiro atoms. The lowest BCUT2D eigenvalue weighted by atomic mass is 9.47. The number of nitrogens with one attached hydrogen (secondary N) is 1. The third-order valence-electron chi connectivity index (χ3n) is 13.3. The Hall–Kier alpha value is -1.52. The van der Waals surface area contributed by atoms with E-state index in [1.54, 1.807) is 0 Å². The van der Waals surface area contributed by atoms with E-state index in [-0.39, 0.29) is 24.4 Å². The minimum Gasteiger partial charge on any atom is -0.462 e. The van der Waals surface area contributed by atoms with Gasteiger partial charge in [0.1, 0.15) is 30.5 Å². The minimum atomic E-state index is -1.59. The van der Waals surface area contributed by atoms with Crippen molar-refractivity contribution in [1.29, 1.82) is 0 Å². The Labute approximate surface area is 275 Å². The van der Waals surface area contributed by atoms with Gasteiger partial charge >= 0.3 is 5.97 Å². The molecule has 0 radical (unpaired) electrons. The number of esters is 1. The Kier molecular flexibility index (Phi) is 11.3. The zero-order chi connectivity index (χ0) is 33.4. The number of amides is 1. The number of hydrogen-bond acceptors (Lipinski definition) is 8. The van der Waals surface area contributed by atoms with Crippen molar-refractivity contribution in [3.8, 4) is 0 Å². The van der Waals surface area contributed by atoms with E-state index >= 15 is 0 Å². The third-order valence-corrected chi connectivity index (χ3v) is 13.3. The van der Waals surface area contributed by atoms with Crippen LogP contribution < -0.4 is 5.32 Å². The molecule has 1 heterocycles. The van der Waals surface area contributed by atoms with Crippen LogP contribution in [0.4, 0.5) is 0 Å². The monoisotopic (exact) mass is 647 g/mol. The Morgan fingerprint density at radius 2 is 1.76 bits per heavy atom. The molecule has 1 aliphatic heterocycles. The van der Waals surface area contributed by atoms with E-state index in [0.717, 1.165) is 55.3 Å². The van der Waals surface area contributed by atoms with E-state index < -0.39 is 49.1 Å². The van der Waals surface area contributed by atoms with Gasteiger partial charge in [0, 0.05) is 12.8 Å². The molecule has 4 aliphatic carbocycles. The highest BCUT2D eigenvalue weighted by Crippen LogP contribution is 2.67. The number of ether oxygens (including phenoxy) is 2. The Balaban J connectivity index is 1.11. The van der Waals surface area contributed by atoms with Gasteiger partial charge in [0.05, 0.1) is 13.0 Å². The van der Waals surface area contributed by atoms with Crippen molar-refractivity contribution in [1.82, 2.24) is 5.32 Å². The molecule has 2 unspecified atom stereocenters. The zero-order valence-corrected chi connectivity index (χ0v) is 28.8. The summed E-state index contributed by atoms with van der Waals surface area (Å²) < 4.78 is 11.0. The first kappa shape index (κ1) is 35.8. The third kappa shape index (κ3) is 7.10. The molecule has 46 heavy (non-hydrogen) atoms. The Morgan fingerprint density at radius 1 is 1.00 bits per heavy atom. The van der Waals surface area contributed by atoms with Crippen molar-refractivity contribution < 1.29 is 39.5 Å². The smallest absolute Gasteiger partial charge is 0.306 e. The number of aliphatic hydroxyl groups excluding tert-OH is 4. The summed E-state index contributed by atoms with van der Waals surface area (Å²) in [7, 11) is 0. The van der Waals surface area contributed by atoms with Gasteiger partial charge < -0.3 is 35.2 Å². The summed E-state index contributed by atoms with van der Waals surface area (Å²) in [6, 6.07) is -1.27. The molecule has 5 N–H and O–H groups in total. The van der Waals surface area contributed by atoms with Crippen LogP contribution in [-0.4, -0.2) is 75.7 Å². The van der Waals surface area contributed by atoms with Crippen LogP contribution in [0.2, 0.25) is 0 Å². The molecule has 3 saturated carbocycles. The lowest BCUT2D eigenvalue weighted by Gasteiger charge is -2.58. The van der Waals surface area contributed by atoms with E-state index in [1.165, 1.54) is 50.5 Å². The van der Waals surface area contributed by atoms with Crippen molar-refractivity contribution in [2.45, 2.75) is 155 Å². The number of allylic oxidation sites excluding steroid dienone is 1. The second kappa shape index (κ2) is 14.5. The van der Waals surface area contributed by atoms with Crippen LogP contribution in [0.1, 0.15) is 118 Å². The van der Waals surface area contributed by atoms with Crippen molar-refractivity contribution >= 4 is 11.9 Å². The quantitative estimate of drug-likeness (QED) is 0.161. The average molecular weight is 648 g/mol. The zero-order valence-electron chi connectivity index (χ0n) is 28.8. The normalized spacial score (nSPS) is 42.8. The fourth-order valence-corrected chi connectivity index (χ4v) is 10.7. The number of aliphatic hydroxyl groups is 4. The van der Waals surface area contributed by atoms with Gasteiger partial charge in [0.2, 0.25) is 5.91 Å². The second-order valence-electron chi connectivity index (χ2n) is 16.5. The first-order valence-corrected chi connectivity index (χ1v) is 18.3. The minimum absolute atomic E-state index is 0.123. The van der Waals surface area contributed by atoms with Crippen LogP contribution in [0, 0.1) is 46.3 Å². The highest BCUT2D eigenvalue weighted by Gasteiger charge is 2.59. The molecular formula is C37H61NO8. The summed E-state index contributed by atoms with van der Waals surface area (Å²) in [5.41, 5.74) is 2.08. The fourth-order valence-electron chi connectivity index (χ4n) is 10.7. The molecule has 13 atom stereocenters.